The van der Waals surface area contributed by atoms with Gasteiger partial charge in [-0.05, 0) is 68.0 Å². The molecule has 3 aliphatic rings. The van der Waals surface area contributed by atoms with Gasteiger partial charge in [-0.3, -0.25) is 9.69 Å². The number of carbonyl (C=O) groups is 1. The Hall–Kier alpha value is -2.15. The van der Waals surface area contributed by atoms with E-state index in [-0.39, 0.29) is 24.3 Å². The van der Waals surface area contributed by atoms with Gasteiger partial charge in [0.05, 0.1) is 6.04 Å². The van der Waals surface area contributed by atoms with Crippen LogP contribution in [0, 0.1) is 13.8 Å². The molecule has 1 aromatic carbocycles. The Balaban J connectivity index is 1.16. The number of rotatable bonds is 6. The van der Waals surface area contributed by atoms with E-state index in [9.17, 15) is 4.79 Å². The van der Waals surface area contributed by atoms with Crippen LogP contribution in [0.1, 0.15) is 42.4 Å². The van der Waals surface area contributed by atoms with Crippen molar-refractivity contribution < 1.29 is 9.53 Å². The van der Waals surface area contributed by atoms with Gasteiger partial charge in [0.1, 0.15) is 11.9 Å². The summed E-state index contributed by atoms with van der Waals surface area (Å²) in [5.41, 5.74) is 3.58. The van der Waals surface area contributed by atoms with E-state index in [0.29, 0.717) is 12.5 Å². The van der Waals surface area contributed by atoms with Crippen LogP contribution in [0.3, 0.4) is 0 Å². The molecule has 1 N–H and O–H groups in total. The molecule has 4 heterocycles. The number of ether oxygens (including phenoxy) is 1. The first kappa shape index (κ1) is 21.7. The molecular weight excluding hydrogens is 424 g/mol. The number of halogens is 1. The van der Waals surface area contributed by atoms with Crippen LogP contribution in [0.2, 0.25) is 5.02 Å². The number of anilines is 1. The Labute approximate surface area is 194 Å². The third kappa shape index (κ3) is 4.63. The lowest BCUT2D eigenvalue weighted by Gasteiger charge is -2.39. The number of epoxide rings is 1. The average molecular weight is 455 g/mol. The van der Waals surface area contributed by atoms with Gasteiger partial charge in [0.2, 0.25) is 5.91 Å². The Morgan fingerprint density at radius 2 is 1.97 bits per heavy atom. The van der Waals surface area contributed by atoms with Crippen molar-refractivity contribution in [2.45, 2.75) is 70.5 Å². The lowest BCUT2D eigenvalue weighted by molar-refractivity contribution is -0.132. The van der Waals surface area contributed by atoms with Crippen molar-refractivity contribution >= 4 is 23.3 Å². The van der Waals surface area contributed by atoms with Gasteiger partial charge in [-0.2, -0.15) is 0 Å². The molecule has 2 aromatic rings. The largest absolute Gasteiger partial charge is 0.346 e. The molecular formula is C25H31ClN4O2. The Bertz CT molecular complexity index is 992. The maximum absolute atomic E-state index is 12.8. The molecule has 3 fully saturated rings. The quantitative estimate of drug-likeness (QED) is 0.664. The van der Waals surface area contributed by atoms with Gasteiger partial charge in [-0.25, -0.2) is 4.98 Å². The predicted molar refractivity (Wildman–Crippen MR) is 126 cm³/mol. The Kier molecular flexibility index (Phi) is 6.10. The smallest absolute Gasteiger partial charge is 0.223 e. The minimum atomic E-state index is -0.0593. The van der Waals surface area contributed by atoms with E-state index in [1.807, 2.05) is 25.1 Å². The van der Waals surface area contributed by atoms with Crippen LogP contribution in [-0.2, 0) is 16.1 Å². The number of aryl methyl sites for hydroxylation is 2. The summed E-state index contributed by atoms with van der Waals surface area (Å²) >= 11 is 6.17. The molecule has 6 nitrogen and oxygen atoms in total. The molecule has 0 aliphatic carbocycles. The van der Waals surface area contributed by atoms with E-state index in [2.05, 4.69) is 39.2 Å². The van der Waals surface area contributed by atoms with Crippen molar-refractivity contribution in [3.8, 4) is 0 Å². The number of piperidine rings is 1. The summed E-state index contributed by atoms with van der Waals surface area (Å²) < 4.78 is 5.97. The highest BCUT2D eigenvalue weighted by atomic mass is 35.5. The molecule has 0 spiro atoms. The fraction of sp³-hybridized carbons (Fsp3) is 0.520. The summed E-state index contributed by atoms with van der Waals surface area (Å²) in [7, 11) is 0. The number of likely N-dealkylation sites (tertiary alicyclic amines) is 2. The van der Waals surface area contributed by atoms with E-state index in [0.717, 1.165) is 60.9 Å². The number of hydrogen-bond donors (Lipinski definition) is 1. The second-order valence-corrected chi connectivity index (χ2v) is 9.79. The summed E-state index contributed by atoms with van der Waals surface area (Å²) in [6.45, 7) is 7.04. The summed E-state index contributed by atoms with van der Waals surface area (Å²) in [5.74, 6) is 1.11. The summed E-state index contributed by atoms with van der Waals surface area (Å²) in [6.07, 6.45) is 5.34. The lowest BCUT2D eigenvalue weighted by Crippen LogP contribution is -2.50. The third-order valence-corrected chi connectivity index (χ3v) is 7.41. The molecule has 3 saturated heterocycles. The molecule has 1 amide bonds. The van der Waals surface area contributed by atoms with Crippen LogP contribution in [0.15, 0.2) is 36.5 Å². The molecule has 3 atom stereocenters. The van der Waals surface area contributed by atoms with Crippen LogP contribution in [0.25, 0.3) is 0 Å². The van der Waals surface area contributed by atoms with Crippen LogP contribution < -0.4 is 5.32 Å². The predicted octanol–water partition coefficient (Wildman–Crippen LogP) is 4.14. The van der Waals surface area contributed by atoms with E-state index < -0.39 is 0 Å². The lowest BCUT2D eigenvalue weighted by atomic mass is 10.00. The third-order valence-electron chi connectivity index (χ3n) is 6.99. The number of nitrogens with zero attached hydrogens (tertiary/aromatic N) is 3. The maximum atomic E-state index is 12.8. The average Bonchev–Trinajstić information content (AvgIpc) is 3.42. The van der Waals surface area contributed by atoms with Crippen LogP contribution in [0.4, 0.5) is 5.82 Å². The highest BCUT2D eigenvalue weighted by Gasteiger charge is 2.52. The number of amides is 1. The van der Waals surface area contributed by atoms with Gasteiger partial charge in [-0.1, -0.05) is 23.7 Å². The monoisotopic (exact) mass is 454 g/mol. The molecule has 170 valence electrons. The number of aromatic nitrogens is 1. The van der Waals surface area contributed by atoms with Crippen molar-refractivity contribution in [1.29, 1.82) is 0 Å². The standard InChI is InChI=1S/C25H31ClN4O2/c1-16-7-10-27-22(13-16)28-25-24(32-25)21-5-6-23(31)30(21)19-8-11-29(12-9-19)15-18-3-4-20(26)17(2)14-18/h3-4,7,10,13-14,19,21,24-25H,5-6,8-9,11-12,15H2,1-2H3,(H,27,28). The number of benzene rings is 1. The van der Waals surface area contributed by atoms with Crippen LogP contribution in [0.5, 0.6) is 0 Å². The Morgan fingerprint density at radius 1 is 1.16 bits per heavy atom. The van der Waals surface area contributed by atoms with Gasteiger partial charge < -0.3 is 15.0 Å². The fourth-order valence-corrected chi connectivity index (χ4v) is 5.35. The number of nitrogens with one attached hydrogen (secondary N) is 1. The zero-order chi connectivity index (χ0) is 22.2. The molecule has 3 unspecified atom stereocenters. The van der Waals surface area contributed by atoms with Gasteiger partial charge in [-0.15, -0.1) is 0 Å². The fourth-order valence-electron chi connectivity index (χ4n) is 5.23. The van der Waals surface area contributed by atoms with Gasteiger partial charge in [0.25, 0.3) is 0 Å². The first-order valence-corrected chi connectivity index (χ1v) is 12.0. The minimum absolute atomic E-state index is 0.0545. The molecule has 5 rings (SSSR count). The maximum Gasteiger partial charge on any atom is 0.223 e. The van der Waals surface area contributed by atoms with Gasteiger partial charge in [0, 0.05) is 43.3 Å². The first-order valence-electron chi connectivity index (χ1n) is 11.6. The van der Waals surface area contributed by atoms with Crippen molar-refractivity contribution in [2.24, 2.45) is 0 Å². The second-order valence-electron chi connectivity index (χ2n) is 9.38. The number of pyridine rings is 1. The summed E-state index contributed by atoms with van der Waals surface area (Å²) in [6, 6.07) is 10.7. The van der Waals surface area contributed by atoms with Crippen molar-refractivity contribution in [1.82, 2.24) is 14.8 Å². The van der Waals surface area contributed by atoms with E-state index in [4.69, 9.17) is 16.3 Å². The molecule has 3 aliphatic heterocycles. The highest BCUT2D eigenvalue weighted by molar-refractivity contribution is 6.31. The van der Waals surface area contributed by atoms with E-state index in [1.165, 1.54) is 5.56 Å². The zero-order valence-corrected chi connectivity index (χ0v) is 19.5. The number of hydrogen-bond acceptors (Lipinski definition) is 5. The van der Waals surface area contributed by atoms with Gasteiger partial charge >= 0.3 is 0 Å². The molecule has 32 heavy (non-hydrogen) atoms. The topological polar surface area (TPSA) is 61.0 Å². The van der Waals surface area contributed by atoms with Crippen molar-refractivity contribution in [3.63, 3.8) is 0 Å². The van der Waals surface area contributed by atoms with Crippen LogP contribution >= 0.6 is 11.6 Å². The SMILES string of the molecule is Cc1ccnc(NC2OC2C2CCC(=O)N2C2CCN(Cc3ccc(Cl)c(C)c3)CC2)c1. The molecule has 1 aromatic heterocycles. The zero-order valence-electron chi connectivity index (χ0n) is 18.8. The van der Waals surface area contributed by atoms with Crippen molar-refractivity contribution in [3.05, 3.63) is 58.2 Å². The van der Waals surface area contributed by atoms with E-state index in [1.54, 1.807) is 6.20 Å². The number of carbonyl (C=O) groups excluding carboxylic acids is 1. The van der Waals surface area contributed by atoms with Crippen LogP contribution in [-0.4, -0.2) is 58.2 Å². The minimum Gasteiger partial charge on any atom is -0.346 e. The molecule has 0 bridgehead atoms. The molecule has 0 radical (unpaired) electrons. The van der Waals surface area contributed by atoms with Gasteiger partial charge in [0.15, 0.2) is 6.23 Å². The Morgan fingerprint density at radius 3 is 2.72 bits per heavy atom. The van der Waals surface area contributed by atoms with E-state index >= 15 is 0 Å². The first-order chi connectivity index (χ1) is 15.5. The summed E-state index contributed by atoms with van der Waals surface area (Å²) in [5, 5.41) is 4.19. The summed E-state index contributed by atoms with van der Waals surface area (Å²) in [4.78, 5) is 21.8. The van der Waals surface area contributed by atoms with Crippen molar-refractivity contribution in [2.75, 3.05) is 18.4 Å². The second kappa shape index (κ2) is 9.00. The normalized spacial score (nSPS) is 26.5. The highest BCUT2D eigenvalue weighted by Crippen LogP contribution is 2.38. The molecule has 0 saturated carbocycles. The molecule has 7 heteroatoms.